The SMILES string of the molecule is NC(CCC(=O)NCCNC(=O)CCCc1ccc(I)cc1)C(=O)O. The van der Waals surface area contributed by atoms with Crippen molar-refractivity contribution < 1.29 is 19.5 Å². The van der Waals surface area contributed by atoms with Crippen LogP contribution in [0, 0.1) is 3.57 Å². The summed E-state index contributed by atoms with van der Waals surface area (Å²) in [6, 6.07) is 7.18. The molecule has 0 radical (unpaired) electrons. The minimum atomic E-state index is -1.12. The molecule has 0 saturated heterocycles. The molecule has 1 atom stereocenters. The maximum atomic E-state index is 11.7. The molecule has 1 rings (SSSR count). The fourth-order valence-electron chi connectivity index (χ4n) is 2.09. The van der Waals surface area contributed by atoms with Crippen LogP contribution >= 0.6 is 22.6 Å². The standard InChI is InChI=1S/C17H24IN3O4/c18-13-6-4-12(5-7-13)2-1-3-15(22)20-10-11-21-16(23)9-8-14(19)17(24)25/h4-7,14H,1-3,8-11,19H2,(H,20,22)(H,21,23)(H,24,25). The summed E-state index contributed by atoms with van der Waals surface area (Å²) in [6.45, 7) is 0.656. The van der Waals surface area contributed by atoms with E-state index in [1.165, 1.54) is 9.13 Å². The van der Waals surface area contributed by atoms with E-state index < -0.39 is 12.0 Å². The molecule has 0 aliphatic carbocycles. The van der Waals surface area contributed by atoms with Gasteiger partial charge in [0.15, 0.2) is 0 Å². The number of carboxylic acids is 1. The number of carbonyl (C=O) groups is 3. The molecule has 0 bridgehead atoms. The minimum absolute atomic E-state index is 0.0485. The third-order valence-corrected chi connectivity index (χ3v) is 4.27. The summed E-state index contributed by atoms with van der Waals surface area (Å²) in [4.78, 5) is 33.7. The van der Waals surface area contributed by atoms with E-state index in [0.29, 0.717) is 19.5 Å². The van der Waals surface area contributed by atoms with Crippen LogP contribution in [0.1, 0.15) is 31.2 Å². The predicted octanol–water partition coefficient (Wildman–Crippen LogP) is 1.04. The van der Waals surface area contributed by atoms with Crippen LogP contribution in [0.4, 0.5) is 0 Å². The molecule has 0 saturated carbocycles. The van der Waals surface area contributed by atoms with Gasteiger partial charge in [-0.3, -0.25) is 14.4 Å². The first kappa shape index (κ1) is 21.4. The lowest BCUT2D eigenvalue weighted by molar-refractivity contribution is -0.138. The van der Waals surface area contributed by atoms with Crippen molar-refractivity contribution in [1.29, 1.82) is 0 Å². The molecule has 1 unspecified atom stereocenters. The molecule has 8 heteroatoms. The molecule has 138 valence electrons. The Hall–Kier alpha value is -1.68. The number of carbonyl (C=O) groups excluding carboxylic acids is 2. The summed E-state index contributed by atoms with van der Waals surface area (Å²) >= 11 is 2.25. The lowest BCUT2D eigenvalue weighted by Gasteiger charge is -2.08. The van der Waals surface area contributed by atoms with Crippen molar-refractivity contribution in [2.75, 3.05) is 13.1 Å². The van der Waals surface area contributed by atoms with Crippen molar-refractivity contribution in [3.05, 3.63) is 33.4 Å². The quantitative estimate of drug-likeness (QED) is 0.290. The van der Waals surface area contributed by atoms with Gasteiger partial charge in [-0.1, -0.05) is 12.1 Å². The van der Waals surface area contributed by atoms with Gasteiger partial charge in [0.1, 0.15) is 6.04 Å². The summed E-state index contributed by atoms with van der Waals surface area (Å²) in [5.74, 6) is -1.44. The monoisotopic (exact) mass is 461 g/mol. The van der Waals surface area contributed by atoms with Crippen LogP contribution in [0.25, 0.3) is 0 Å². The molecule has 2 amide bonds. The highest BCUT2D eigenvalue weighted by Gasteiger charge is 2.13. The van der Waals surface area contributed by atoms with Crippen molar-refractivity contribution in [2.24, 2.45) is 5.73 Å². The Morgan fingerprint density at radius 1 is 1.04 bits per heavy atom. The van der Waals surface area contributed by atoms with Gasteiger partial charge < -0.3 is 21.5 Å². The van der Waals surface area contributed by atoms with E-state index in [1.54, 1.807) is 0 Å². The van der Waals surface area contributed by atoms with Crippen LogP contribution in [0.15, 0.2) is 24.3 Å². The molecule has 0 fully saturated rings. The Morgan fingerprint density at radius 3 is 2.16 bits per heavy atom. The topological polar surface area (TPSA) is 122 Å². The van der Waals surface area contributed by atoms with Crippen molar-refractivity contribution in [2.45, 2.75) is 38.1 Å². The van der Waals surface area contributed by atoms with Gasteiger partial charge >= 0.3 is 5.97 Å². The minimum Gasteiger partial charge on any atom is -0.480 e. The molecule has 5 N–H and O–H groups in total. The smallest absolute Gasteiger partial charge is 0.320 e. The molecule has 0 aliphatic rings. The van der Waals surface area contributed by atoms with Gasteiger partial charge in [-0.05, 0) is 59.5 Å². The van der Waals surface area contributed by atoms with E-state index in [0.717, 1.165) is 12.8 Å². The average Bonchev–Trinajstić information content (AvgIpc) is 2.58. The normalized spacial score (nSPS) is 11.6. The van der Waals surface area contributed by atoms with Gasteiger partial charge in [0.2, 0.25) is 11.8 Å². The summed E-state index contributed by atoms with van der Waals surface area (Å²) in [6.07, 6.45) is 2.20. The van der Waals surface area contributed by atoms with Gasteiger partial charge in [-0.2, -0.15) is 0 Å². The number of rotatable bonds is 11. The molecule has 0 aliphatic heterocycles. The fraction of sp³-hybridized carbons (Fsp3) is 0.471. The highest BCUT2D eigenvalue weighted by atomic mass is 127. The third-order valence-electron chi connectivity index (χ3n) is 3.55. The number of halogens is 1. The number of hydrogen-bond acceptors (Lipinski definition) is 4. The van der Waals surface area contributed by atoms with Crippen LogP contribution in [0.2, 0.25) is 0 Å². The molecule has 1 aromatic carbocycles. The van der Waals surface area contributed by atoms with Crippen molar-refractivity contribution in [3.8, 4) is 0 Å². The van der Waals surface area contributed by atoms with Gasteiger partial charge in [0.25, 0.3) is 0 Å². The average molecular weight is 461 g/mol. The number of aliphatic carboxylic acids is 1. The van der Waals surface area contributed by atoms with E-state index in [2.05, 4.69) is 45.4 Å². The lowest BCUT2D eigenvalue weighted by Crippen LogP contribution is -2.36. The van der Waals surface area contributed by atoms with Gasteiger partial charge in [-0.25, -0.2) is 0 Å². The highest BCUT2D eigenvalue weighted by Crippen LogP contribution is 2.09. The van der Waals surface area contributed by atoms with Crippen molar-refractivity contribution >= 4 is 40.4 Å². The summed E-state index contributed by atoms with van der Waals surface area (Å²) < 4.78 is 1.19. The predicted molar refractivity (Wildman–Crippen MR) is 103 cm³/mol. The zero-order chi connectivity index (χ0) is 18.7. The first-order valence-corrected chi connectivity index (χ1v) is 9.22. The Labute approximate surface area is 160 Å². The van der Waals surface area contributed by atoms with E-state index in [1.807, 2.05) is 12.1 Å². The van der Waals surface area contributed by atoms with E-state index in [4.69, 9.17) is 10.8 Å². The number of nitrogens with one attached hydrogen (secondary N) is 2. The van der Waals surface area contributed by atoms with E-state index in [9.17, 15) is 14.4 Å². The zero-order valence-electron chi connectivity index (χ0n) is 14.0. The van der Waals surface area contributed by atoms with Crippen LogP contribution in [0.3, 0.4) is 0 Å². The fourth-order valence-corrected chi connectivity index (χ4v) is 2.45. The largest absolute Gasteiger partial charge is 0.480 e. The van der Waals surface area contributed by atoms with Crippen LogP contribution in [-0.4, -0.2) is 42.0 Å². The van der Waals surface area contributed by atoms with Gasteiger partial charge in [-0.15, -0.1) is 0 Å². The second kappa shape index (κ2) is 11.8. The Bertz CT molecular complexity index is 578. The molecule has 7 nitrogen and oxygen atoms in total. The number of amides is 2. The molecular formula is C17H24IN3O4. The Morgan fingerprint density at radius 2 is 1.60 bits per heavy atom. The maximum Gasteiger partial charge on any atom is 0.320 e. The second-order valence-corrected chi connectivity index (χ2v) is 6.91. The first-order valence-electron chi connectivity index (χ1n) is 8.14. The summed E-state index contributed by atoms with van der Waals surface area (Å²) in [5, 5.41) is 14.0. The van der Waals surface area contributed by atoms with Gasteiger partial charge in [0.05, 0.1) is 0 Å². The van der Waals surface area contributed by atoms with Gasteiger partial charge in [0, 0.05) is 29.5 Å². The number of aryl methyl sites for hydroxylation is 1. The summed E-state index contributed by atoms with van der Waals surface area (Å²) in [7, 11) is 0. The maximum absolute atomic E-state index is 11.7. The molecular weight excluding hydrogens is 437 g/mol. The van der Waals surface area contributed by atoms with E-state index >= 15 is 0 Å². The van der Waals surface area contributed by atoms with Crippen LogP contribution in [0.5, 0.6) is 0 Å². The van der Waals surface area contributed by atoms with Crippen LogP contribution in [-0.2, 0) is 20.8 Å². The second-order valence-electron chi connectivity index (χ2n) is 5.66. The third kappa shape index (κ3) is 10.0. The number of benzene rings is 1. The molecule has 0 aromatic heterocycles. The lowest BCUT2D eigenvalue weighted by atomic mass is 10.1. The first-order chi connectivity index (χ1) is 11.9. The number of hydrogen-bond donors (Lipinski definition) is 4. The zero-order valence-corrected chi connectivity index (χ0v) is 16.1. The number of carboxylic acid groups (broad SMARTS) is 1. The van der Waals surface area contributed by atoms with Crippen molar-refractivity contribution in [1.82, 2.24) is 10.6 Å². The van der Waals surface area contributed by atoms with E-state index in [-0.39, 0.29) is 24.7 Å². The Kier molecular flexibility index (Phi) is 10.1. The molecule has 25 heavy (non-hydrogen) atoms. The molecule has 1 aromatic rings. The molecule has 0 heterocycles. The van der Waals surface area contributed by atoms with Crippen molar-refractivity contribution in [3.63, 3.8) is 0 Å². The number of nitrogens with two attached hydrogens (primary N) is 1. The highest BCUT2D eigenvalue weighted by molar-refractivity contribution is 14.1. The summed E-state index contributed by atoms with van der Waals surface area (Å²) in [5.41, 5.74) is 6.53. The Balaban J connectivity index is 2.05. The van der Waals surface area contributed by atoms with Crippen LogP contribution < -0.4 is 16.4 Å². The molecule has 0 spiro atoms.